The van der Waals surface area contributed by atoms with Crippen molar-refractivity contribution in [3.63, 3.8) is 0 Å². The molecule has 80 valence electrons. The Bertz CT molecular complexity index is 230. The first kappa shape index (κ1) is 10.8. The standard InChI is InChI=1S/C9H16N2O3/c1-2-10-9(14)11-7-4-3-6(5-7)8(12)13/h6-7H,2-5H2,1H3,(H,12,13)(H2,10,11,14). The van der Waals surface area contributed by atoms with E-state index < -0.39 is 5.97 Å². The molecule has 3 N–H and O–H groups in total. The second-order valence-corrected chi connectivity index (χ2v) is 3.55. The fraction of sp³-hybridized carbons (Fsp3) is 0.778. The highest BCUT2D eigenvalue weighted by Crippen LogP contribution is 2.25. The molecule has 0 heterocycles. The molecule has 2 amide bonds. The number of carboxylic acid groups (broad SMARTS) is 1. The van der Waals surface area contributed by atoms with Gasteiger partial charge in [-0.25, -0.2) is 4.79 Å². The molecule has 0 aromatic heterocycles. The van der Waals surface area contributed by atoms with Crippen molar-refractivity contribution in [1.29, 1.82) is 0 Å². The number of hydrogen-bond acceptors (Lipinski definition) is 2. The van der Waals surface area contributed by atoms with Crippen LogP contribution in [0.25, 0.3) is 0 Å². The van der Waals surface area contributed by atoms with Crippen molar-refractivity contribution in [2.24, 2.45) is 5.92 Å². The molecular weight excluding hydrogens is 184 g/mol. The molecule has 1 saturated carbocycles. The normalized spacial score (nSPS) is 25.8. The Hall–Kier alpha value is -1.26. The van der Waals surface area contributed by atoms with Gasteiger partial charge < -0.3 is 15.7 Å². The van der Waals surface area contributed by atoms with Gasteiger partial charge in [0.15, 0.2) is 0 Å². The minimum absolute atomic E-state index is 0.0163. The van der Waals surface area contributed by atoms with Gasteiger partial charge in [0.25, 0.3) is 0 Å². The number of hydrogen-bond donors (Lipinski definition) is 3. The lowest BCUT2D eigenvalue weighted by molar-refractivity contribution is -0.141. The summed E-state index contributed by atoms with van der Waals surface area (Å²) in [5.74, 6) is -1.05. The van der Waals surface area contributed by atoms with Crippen molar-refractivity contribution in [3.8, 4) is 0 Å². The predicted molar refractivity (Wildman–Crippen MR) is 51.0 cm³/mol. The minimum Gasteiger partial charge on any atom is -0.481 e. The second-order valence-electron chi connectivity index (χ2n) is 3.55. The smallest absolute Gasteiger partial charge is 0.314 e. The molecule has 1 aliphatic carbocycles. The van der Waals surface area contributed by atoms with Crippen molar-refractivity contribution < 1.29 is 14.7 Å². The van der Waals surface area contributed by atoms with Crippen molar-refractivity contribution in [2.75, 3.05) is 6.54 Å². The van der Waals surface area contributed by atoms with E-state index in [1.165, 1.54) is 0 Å². The molecule has 14 heavy (non-hydrogen) atoms. The summed E-state index contributed by atoms with van der Waals surface area (Å²) in [6.07, 6.45) is 1.97. The Morgan fingerprint density at radius 3 is 2.64 bits per heavy atom. The van der Waals surface area contributed by atoms with E-state index in [0.717, 1.165) is 6.42 Å². The molecule has 0 bridgehead atoms. The fourth-order valence-corrected chi connectivity index (χ4v) is 1.73. The number of urea groups is 1. The topological polar surface area (TPSA) is 78.4 Å². The third kappa shape index (κ3) is 2.90. The highest BCUT2D eigenvalue weighted by molar-refractivity contribution is 5.75. The molecule has 0 aromatic carbocycles. The van der Waals surface area contributed by atoms with Crippen LogP contribution in [0, 0.1) is 5.92 Å². The monoisotopic (exact) mass is 200 g/mol. The number of aliphatic carboxylic acids is 1. The fourth-order valence-electron chi connectivity index (χ4n) is 1.73. The van der Waals surface area contributed by atoms with Gasteiger partial charge in [-0.1, -0.05) is 0 Å². The summed E-state index contributed by atoms with van der Waals surface area (Å²) < 4.78 is 0. The van der Waals surface area contributed by atoms with Crippen LogP contribution < -0.4 is 10.6 Å². The average Bonchev–Trinajstić information content (AvgIpc) is 2.53. The van der Waals surface area contributed by atoms with Gasteiger partial charge in [-0.05, 0) is 26.2 Å². The summed E-state index contributed by atoms with van der Waals surface area (Å²) in [6.45, 7) is 2.43. The van der Waals surface area contributed by atoms with Crippen molar-refractivity contribution in [1.82, 2.24) is 10.6 Å². The van der Waals surface area contributed by atoms with Gasteiger partial charge in [-0.2, -0.15) is 0 Å². The third-order valence-electron chi connectivity index (χ3n) is 2.45. The van der Waals surface area contributed by atoms with E-state index in [4.69, 9.17) is 5.11 Å². The number of carbonyl (C=O) groups is 2. The summed E-state index contributed by atoms with van der Waals surface area (Å²) in [4.78, 5) is 21.7. The summed E-state index contributed by atoms with van der Waals surface area (Å²) in [7, 11) is 0. The number of carboxylic acids is 1. The van der Waals surface area contributed by atoms with Gasteiger partial charge in [0, 0.05) is 12.6 Å². The van der Waals surface area contributed by atoms with Gasteiger partial charge in [0.2, 0.25) is 0 Å². The molecule has 0 radical (unpaired) electrons. The molecule has 2 unspecified atom stereocenters. The molecule has 2 atom stereocenters. The second kappa shape index (κ2) is 4.83. The Kier molecular flexibility index (Phi) is 3.73. The van der Waals surface area contributed by atoms with Gasteiger partial charge in [-0.3, -0.25) is 4.79 Å². The van der Waals surface area contributed by atoms with Crippen LogP contribution in [-0.2, 0) is 4.79 Å². The molecule has 0 saturated heterocycles. The summed E-state index contributed by atoms with van der Waals surface area (Å²) in [5.41, 5.74) is 0. The maximum Gasteiger partial charge on any atom is 0.314 e. The zero-order valence-corrected chi connectivity index (χ0v) is 8.25. The van der Waals surface area contributed by atoms with Crippen LogP contribution in [0.4, 0.5) is 4.79 Å². The molecule has 1 aliphatic rings. The Labute approximate surface area is 82.9 Å². The van der Waals surface area contributed by atoms with Gasteiger partial charge in [-0.15, -0.1) is 0 Å². The summed E-state index contributed by atoms with van der Waals surface area (Å²) in [6, 6.07) is -0.189. The zero-order valence-electron chi connectivity index (χ0n) is 8.25. The first-order valence-corrected chi connectivity index (χ1v) is 4.90. The van der Waals surface area contributed by atoms with Crippen LogP contribution in [0.1, 0.15) is 26.2 Å². The lowest BCUT2D eigenvalue weighted by Crippen LogP contribution is -2.41. The summed E-state index contributed by atoms with van der Waals surface area (Å²) in [5, 5.41) is 14.1. The maximum absolute atomic E-state index is 11.1. The predicted octanol–water partition coefficient (Wildman–Crippen LogP) is 0.559. The van der Waals surface area contributed by atoms with E-state index in [0.29, 0.717) is 19.4 Å². The lowest BCUT2D eigenvalue weighted by atomic mass is 10.1. The number of carbonyl (C=O) groups excluding carboxylic acids is 1. The molecule has 0 aliphatic heterocycles. The largest absolute Gasteiger partial charge is 0.481 e. The van der Waals surface area contributed by atoms with Crippen LogP contribution in [0.15, 0.2) is 0 Å². The quantitative estimate of drug-likeness (QED) is 0.622. The Morgan fingerprint density at radius 1 is 1.43 bits per heavy atom. The number of amides is 2. The molecular formula is C9H16N2O3. The number of rotatable bonds is 3. The van der Waals surface area contributed by atoms with Crippen molar-refractivity contribution >= 4 is 12.0 Å². The van der Waals surface area contributed by atoms with E-state index in [-0.39, 0.29) is 18.0 Å². The molecule has 5 heteroatoms. The van der Waals surface area contributed by atoms with Gasteiger partial charge >= 0.3 is 12.0 Å². The number of nitrogens with one attached hydrogen (secondary N) is 2. The van der Waals surface area contributed by atoms with Crippen molar-refractivity contribution in [3.05, 3.63) is 0 Å². The third-order valence-corrected chi connectivity index (χ3v) is 2.45. The van der Waals surface area contributed by atoms with Gasteiger partial charge in [0.1, 0.15) is 0 Å². The van der Waals surface area contributed by atoms with E-state index in [1.807, 2.05) is 6.92 Å². The molecule has 1 fully saturated rings. The van der Waals surface area contributed by atoms with Crippen LogP contribution in [0.2, 0.25) is 0 Å². The highest BCUT2D eigenvalue weighted by Gasteiger charge is 2.30. The van der Waals surface area contributed by atoms with Crippen LogP contribution in [0.3, 0.4) is 0 Å². The summed E-state index contributed by atoms with van der Waals surface area (Å²) >= 11 is 0. The van der Waals surface area contributed by atoms with Gasteiger partial charge in [0.05, 0.1) is 5.92 Å². The Morgan fingerprint density at radius 2 is 2.14 bits per heavy atom. The van der Waals surface area contributed by atoms with Crippen LogP contribution >= 0.6 is 0 Å². The zero-order chi connectivity index (χ0) is 10.6. The van der Waals surface area contributed by atoms with E-state index in [2.05, 4.69) is 10.6 Å². The van der Waals surface area contributed by atoms with E-state index in [9.17, 15) is 9.59 Å². The molecule has 0 aromatic rings. The van der Waals surface area contributed by atoms with E-state index in [1.54, 1.807) is 0 Å². The minimum atomic E-state index is -0.759. The average molecular weight is 200 g/mol. The molecule has 5 nitrogen and oxygen atoms in total. The Balaban J connectivity index is 2.28. The van der Waals surface area contributed by atoms with Crippen LogP contribution in [0.5, 0.6) is 0 Å². The first-order chi connectivity index (χ1) is 6.63. The highest BCUT2D eigenvalue weighted by atomic mass is 16.4. The molecule has 1 rings (SSSR count). The van der Waals surface area contributed by atoms with Crippen LogP contribution in [-0.4, -0.2) is 29.7 Å². The molecule has 0 spiro atoms. The lowest BCUT2D eigenvalue weighted by Gasteiger charge is -2.12. The van der Waals surface area contributed by atoms with Crippen molar-refractivity contribution in [2.45, 2.75) is 32.2 Å². The maximum atomic E-state index is 11.1. The first-order valence-electron chi connectivity index (χ1n) is 4.90. The van der Waals surface area contributed by atoms with E-state index >= 15 is 0 Å². The SMILES string of the molecule is CCNC(=O)NC1CCC(C(=O)O)C1.